The van der Waals surface area contributed by atoms with Gasteiger partial charge in [0.2, 0.25) is 0 Å². The Morgan fingerprint density at radius 3 is 3.05 bits per heavy atom. The van der Waals surface area contributed by atoms with Gasteiger partial charge in [0, 0.05) is 42.7 Å². The first-order valence-electron chi connectivity index (χ1n) is 7.14. The number of nitrogens with one attached hydrogen (secondary N) is 2. The second-order valence-corrected chi connectivity index (χ2v) is 5.14. The molecule has 5 nitrogen and oxygen atoms in total. The van der Waals surface area contributed by atoms with Crippen molar-refractivity contribution in [3.05, 3.63) is 36.3 Å². The number of rotatable bonds is 6. The Kier molecular flexibility index (Phi) is 4.08. The molecule has 1 aliphatic carbocycles. The molecule has 0 amide bonds. The van der Waals surface area contributed by atoms with Crippen LogP contribution in [0.15, 0.2) is 30.7 Å². The van der Waals surface area contributed by atoms with Crippen LogP contribution in [-0.4, -0.2) is 33.9 Å². The molecule has 2 aromatic heterocycles. The molecule has 2 N–H and O–H groups in total. The summed E-state index contributed by atoms with van der Waals surface area (Å²) >= 11 is 0. The lowest BCUT2D eigenvalue weighted by atomic mass is 9.89. The Balaban J connectivity index is 1.56. The van der Waals surface area contributed by atoms with E-state index in [0.717, 1.165) is 37.3 Å². The maximum Gasteiger partial charge on any atom is 0.0710 e. The third kappa shape index (κ3) is 2.89. The quantitative estimate of drug-likeness (QED) is 0.845. The smallest absolute Gasteiger partial charge is 0.0710 e. The lowest BCUT2D eigenvalue weighted by Crippen LogP contribution is -2.45. The third-order valence-corrected chi connectivity index (χ3v) is 3.75. The zero-order valence-corrected chi connectivity index (χ0v) is 11.7. The number of pyridine rings is 1. The van der Waals surface area contributed by atoms with Crippen LogP contribution < -0.4 is 5.32 Å². The first-order chi connectivity index (χ1) is 9.86. The summed E-state index contributed by atoms with van der Waals surface area (Å²) in [6.45, 7) is 3.68. The van der Waals surface area contributed by atoms with Crippen molar-refractivity contribution in [2.75, 3.05) is 6.61 Å². The van der Waals surface area contributed by atoms with Crippen molar-refractivity contribution in [1.82, 2.24) is 20.5 Å². The lowest BCUT2D eigenvalue weighted by molar-refractivity contribution is -0.0102. The summed E-state index contributed by atoms with van der Waals surface area (Å²) in [4.78, 5) is 4.15. The second-order valence-electron chi connectivity index (χ2n) is 5.14. The molecule has 5 heteroatoms. The molecule has 20 heavy (non-hydrogen) atoms. The number of hydrogen-bond acceptors (Lipinski definition) is 4. The monoisotopic (exact) mass is 272 g/mol. The molecule has 1 saturated carbocycles. The number of nitrogens with zero attached hydrogens (tertiary/aromatic N) is 2. The van der Waals surface area contributed by atoms with E-state index < -0.39 is 0 Å². The molecule has 1 fully saturated rings. The predicted molar refractivity (Wildman–Crippen MR) is 77.1 cm³/mol. The molecule has 0 radical (unpaired) electrons. The van der Waals surface area contributed by atoms with Crippen molar-refractivity contribution < 1.29 is 4.74 Å². The largest absolute Gasteiger partial charge is 0.378 e. The van der Waals surface area contributed by atoms with Crippen LogP contribution in [0.2, 0.25) is 0 Å². The van der Waals surface area contributed by atoms with Crippen LogP contribution in [0.3, 0.4) is 0 Å². The highest BCUT2D eigenvalue weighted by atomic mass is 16.5. The highest BCUT2D eigenvalue weighted by molar-refractivity contribution is 5.61. The summed E-state index contributed by atoms with van der Waals surface area (Å²) in [6, 6.07) is 4.54. The number of ether oxygens (including phenoxy) is 1. The van der Waals surface area contributed by atoms with Crippen LogP contribution >= 0.6 is 0 Å². The molecule has 0 unspecified atom stereocenters. The first-order valence-corrected chi connectivity index (χ1v) is 7.14. The van der Waals surface area contributed by atoms with E-state index in [1.54, 1.807) is 6.20 Å². The van der Waals surface area contributed by atoms with Crippen molar-refractivity contribution in [3.8, 4) is 11.3 Å². The zero-order valence-electron chi connectivity index (χ0n) is 11.7. The minimum atomic E-state index is 0.444. The molecule has 0 atom stereocenters. The van der Waals surface area contributed by atoms with Crippen LogP contribution in [0.4, 0.5) is 0 Å². The number of aromatic nitrogens is 3. The Morgan fingerprint density at radius 1 is 1.40 bits per heavy atom. The first kappa shape index (κ1) is 13.3. The van der Waals surface area contributed by atoms with Gasteiger partial charge in [-0.1, -0.05) is 0 Å². The molecule has 0 aliphatic heterocycles. The molecule has 2 aromatic rings. The molecule has 0 spiro atoms. The van der Waals surface area contributed by atoms with Crippen LogP contribution in [0, 0.1) is 0 Å². The Labute approximate surface area is 118 Å². The van der Waals surface area contributed by atoms with Gasteiger partial charge in [0.15, 0.2) is 0 Å². The Hall–Kier alpha value is -1.72. The molecule has 3 rings (SSSR count). The van der Waals surface area contributed by atoms with Gasteiger partial charge in [-0.05, 0) is 31.9 Å². The maximum atomic E-state index is 5.57. The van der Waals surface area contributed by atoms with E-state index in [-0.39, 0.29) is 0 Å². The van der Waals surface area contributed by atoms with Gasteiger partial charge in [-0.15, -0.1) is 0 Å². The minimum absolute atomic E-state index is 0.444. The molecule has 0 aromatic carbocycles. The maximum absolute atomic E-state index is 5.57. The van der Waals surface area contributed by atoms with Crippen molar-refractivity contribution in [2.45, 2.75) is 38.5 Å². The fourth-order valence-electron chi connectivity index (χ4n) is 2.56. The molecule has 1 aliphatic rings. The number of hydrogen-bond donors (Lipinski definition) is 2. The van der Waals surface area contributed by atoms with E-state index in [4.69, 9.17) is 4.74 Å². The standard InChI is InChI=1S/C15H20N4O/c1-2-20-14-6-13(7-14)17-9-12-10-18-19-15(12)11-4-3-5-16-8-11/h3-5,8,10,13-14,17H,2,6-7,9H2,1H3,(H,18,19). The highest BCUT2D eigenvalue weighted by Gasteiger charge is 2.29. The Bertz CT molecular complexity index is 534. The van der Waals surface area contributed by atoms with Gasteiger partial charge in [-0.2, -0.15) is 5.10 Å². The summed E-state index contributed by atoms with van der Waals surface area (Å²) in [5.41, 5.74) is 3.30. The fourth-order valence-corrected chi connectivity index (χ4v) is 2.56. The second kappa shape index (κ2) is 6.15. The van der Waals surface area contributed by atoms with Crippen LogP contribution in [0.1, 0.15) is 25.3 Å². The molecular weight excluding hydrogens is 252 g/mol. The molecule has 2 heterocycles. The van der Waals surface area contributed by atoms with Gasteiger partial charge in [0.05, 0.1) is 18.0 Å². The summed E-state index contributed by atoms with van der Waals surface area (Å²) in [6.07, 6.45) is 8.17. The van der Waals surface area contributed by atoms with Crippen molar-refractivity contribution in [2.24, 2.45) is 0 Å². The molecule has 0 saturated heterocycles. The normalized spacial score (nSPS) is 21.6. The van der Waals surface area contributed by atoms with Crippen LogP contribution in [0.25, 0.3) is 11.3 Å². The minimum Gasteiger partial charge on any atom is -0.378 e. The van der Waals surface area contributed by atoms with Crippen molar-refractivity contribution >= 4 is 0 Å². The van der Waals surface area contributed by atoms with Crippen LogP contribution in [0.5, 0.6) is 0 Å². The van der Waals surface area contributed by atoms with Gasteiger partial charge < -0.3 is 10.1 Å². The molecular formula is C15H20N4O. The average molecular weight is 272 g/mol. The highest BCUT2D eigenvalue weighted by Crippen LogP contribution is 2.25. The molecule has 106 valence electrons. The lowest BCUT2D eigenvalue weighted by Gasteiger charge is -2.35. The zero-order chi connectivity index (χ0) is 13.8. The number of H-pyrrole nitrogens is 1. The summed E-state index contributed by atoms with van der Waals surface area (Å²) in [7, 11) is 0. The van der Waals surface area contributed by atoms with Crippen molar-refractivity contribution in [3.63, 3.8) is 0 Å². The average Bonchev–Trinajstić information content (AvgIpc) is 2.90. The van der Waals surface area contributed by atoms with Gasteiger partial charge in [-0.25, -0.2) is 0 Å². The van der Waals surface area contributed by atoms with Crippen LogP contribution in [-0.2, 0) is 11.3 Å². The van der Waals surface area contributed by atoms with Crippen molar-refractivity contribution in [1.29, 1.82) is 0 Å². The van der Waals surface area contributed by atoms with E-state index in [0.29, 0.717) is 12.1 Å². The summed E-state index contributed by atoms with van der Waals surface area (Å²) in [5.74, 6) is 0. The van der Waals surface area contributed by atoms with Gasteiger partial charge in [0.25, 0.3) is 0 Å². The van der Waals surface area contributed by atoms with E-state index in [9.17, 15) is 0 Å². The van der Waals surface area contributed by atoms with E-state index in [1.807, 2.05) is 31.5 Å². The SMILES string of the molecule is CCOC1CC(NCc2cn[nH]c2-c2cccnc2)C1. The summed E-state index contributed by atoms with van der Waals surface area (Å²) in [5, 5.41) is 10.8. The van der Waals surface area contributed by atoms with E-state index in [1.165, 1.54) is 5.56 Å². The van der Waals surface area contributed by atoms with Gasteiger partial charge in [-0.3, -0.25) is 10.1 Å². The predicted octanol–water partition coefficient (Wildman–Crippen LogP) is 2.13. The topological polar surface area (TPSA) is 62.8 Å². The van der Waals surface area contributed by atoms with E-state index >= 15 is 0 Å². The summed E-state index contributed by atoms with van der Waals surface area (Å²) < 4.78 is 5.57. The third-order valence-electron chi connectivity index (χ3n) is 3.75. The van der Waals surface area contributed by atoms with Gasteiger partial charge >= 0.3 is 0 Å². The molecule has 0 bridgehead atoms. The van der Waals surface area contributed by atoms with Gasteiger partial charge in [0.1, 0.15) is 0 Å². The fraction of sp³-hybridized carbons (Fsp3) is 0.467. The number of aromatic amines is 1. The van der Waals surface area contributed by atoms with E-state index in [2.05, 4.69) is 20.5 Å². The Morgan fingerprint density at radius 2 is 2.30 bits per heavy atom.